The highest BCUT2D eigenvalue weighted by Crippen LogP contribution is 2.30. The molecular formula is C21H34N4O6S. The molecule has 32 heavy (non-hydrogen) atoms. The Bertz CT molecular complexity index is 789. The summed E-state index contributed by atoms with van der Waals surface area (Å²) in [5.41, 5.74) is 3.32. The topological polar surface area (TPSA) is 174 Å². The van der Waals surface area contributed by atoms with E-state index in [0.717, 1.165) is 4.88 Å². The molecule has 1 saturated carbocycles. The van der Waals surface area contributed by atoms with Crippen LogP contribution in [-0.2, 0) is 20.8 Å². The molecule has 1 aliphatic carbocycles. The molecule has 6 atom stereocenters. The highest BCUT2D eigenvalue weighted by molar-refractivity contribution is 7.09. The normalized spacial score (nSPS) is 27.5. The molecule has 0 saturated heterocycles. The van der Waals surface area contributed by atoms with E-state index in [4.69, 9.17) is 5.73 Å². The van der Waals surface area contributed by atoms with Gasteiger partial charge in [-0.3, -0.25) is 14.4 Å². The summed E-state index contributed by atoms with van der Waals surface area (Å²) < 4.78 is 0. The molecule has 2 rings (SSSR count). The summed E-state index contributed by atoms with van der Waals surface area (Å²) in [6.07, 6.45) is -2.88. The Labute approximate surface area is 191 Å². The Morgan fingerprint density at radius 2 is 1.94 bits per heavy atom. The maximum Gasteiger partial charge on any atom is 0.252 e. The summed E-state index contributed by atoms with van der Waals surface area (Å²) >= 11 is 1.40. The number of amides is 3. The van der Waals surface area contributed by atoms with E-state index in [-0.39, 0.29) is 18.8 Å². The SMILES string of the molecule is CN[C@@H](CC(C)C)C(=O)N[C@H]1C[C@@](O)(C(=O)N[C@@H](Cc2cccs2)C(N)=O)C[C@@H](O)[C@@H]1O. The molecule has 0 aliphatic heterocycles. The molecule has 0 spiro atoms. The van der Waals surface area contributed by atoms with E-state index in [1.54, 1.807) is 19.2 Å². The van der Waals surface area contributed by atoms with Crippen LogP contribution in [0.4, 0.5) is 0 Å². The monoisotopic (exact) mass is 470 g/mol. The standard InChI is InChI=1S/C21H34N4O6S/c1-11(2)7-14(23-3)19(29)24-15-9-21(31,10-16(26)17(15)27)20(30)25-13(18(22)28)8-12-5-4-6-32-12/h4-6,11,13-17,23,26-27,31H,7-10H2,1-3H3,(H2,22,28)(H,24,29)(H,25,30)/t13-,14-,15-,16+,17+,21-/m0/s1. The number of primary amides is 1. The lowest BCUT2D eigenvalue weighted by molar-refractivity contribution is -0.160. The molecule has 1 aromatic heterocycles. The number of likely N-dealkylation sites (N-methyl/N-ethyl adjacent to an activating group) is 1. The fourth-order valence-electron chi connectivity index (χ4n) is 3.88. The highest BCUT2D eigenvalue weighted by Gasteiger charge is 2.50. The number of hydrogen-bond donors (Lipinski definition) is 7. The van der Waals surface area contributed by atoms with Crippen LogP contribution in [-0.4, -0.2) is 76.0 Å². The second-order valence-corrected chi connectivity index (χ2v) is 9.83. The van der Waals surface area contributed by atoms with Crippen LogP contribution in [0.5, 0.6) is 0 Å². The van der Waals surface area contributed by atoms with Gasteiger partial charge < -0.3 is 37.0 Å². The molecule has 11 heteroatoms. The van der Waals surface area contributed by atoms with Gasteiger partial charge in [0, 0.05) is 24.1 Å². The molecule has 3 amide bonds. The molecule has 180 valence electrons. The molecule has 1 aliphatic rings. The van der Waals surface area contributed by atoms with Crippen LogP contribution < -0.4 is 21.7 Å². The number of aliphatic hydroxyl groups is 3. The van der Waals surface area contributed by atoms with Crippen LogP contribution >= 0.6 is 11.3 Å². The maximum absolute atomic E-state index is 12.9. The first-order valence-electron chi connectivity index (χ1n) is 10.7. The number of aliphatic hydroxyl groups excluding tert-OH is 2. The Balaban J connectivity index is 2.12. The zero-order valence-electron chi connectivity index (χ0n) is 18.6. The summed E-state index contributed by atoms with van der Waals surface area (Å²) in [5.74, 6) is -1.83. The average Bonchev–Trinajstić information content (AvgIpc) is 3.22. The minimum atomic E-state index is -2.10. The Morgan fingerprint density at radius 3 is 2.47 bits per heavy atom. The minimum absolute atomic E-state index is 0.166. The van der Waals surface area contributed by atoms with Gasteiger partial charge in [0.25, 0.3) is 5.91 Å². The van der Waals surface area contributed by atoms with Crippen molar-refractivity contribution in [2.45, 2.75) is 75.5 Å². The van der Waals surface area contributed by atoms with E-state index in [1.165, 1.54) is 11.3 Å². The van der Waals surface area contributed by atoms with Crippen molar-refractivity contribution in [3.63, 3.8) is 0 Å². The molecular weight excluding hydrogens is 436 g/mol. The largest absolute Gasteiger partial charge is 0.390 e. The van der Waals surface area contributed by atoms with Crippen molar-refractivity contribution < 1.29 is 29.7 Å². The maximum atomic E-state index is 12.9. The summed E-state index contributed by atoms with van der Waals surface area (Å²) in [6.45, 7) is 3.93. The van der Waals surface area contributed by atoms with Gasteiger partial charge in [-0.05, 0) is 30.8 Å². The molecule has 1 heterocycles. The fourth-order valence-corrected chi connectivity index (χ4v) is 4.63. The summed E-state index contributed by atoms with van der Waals surface area (Å²) in [7, 11) is 1.64. The zero-order valence-corrected chi connectivity index (χ0v) is 19.4. The second kappa shape index (κ2) is 11.2. The molecule has 10 nitrogen and oxygen atoms in total. The third kappa shape index (κ3) is 6.72. The molecule has 1 aromatic rings. The van der Waals surface area contributed by atoms with E-state index in [2.05, 4.69) is 16.0 Å². The van der Waals surface area contributed by atoms with E-state index in [9.17, 15) is 29.7 Å². The summed E-state index contributed by atoms with van der Waals surface area (Å²) in [6, 6.07) is 0.949. The van der Waals surface area contributed by atoms with Crippen LogP contribution in [0, 0.1) is 5.92 Å². The lowest BCUT2D eigenvalue weighted by Crippen LogP contribution is -2.65. The van der Waals surface area contributed by atoms with Gasteiger partial charge in [-0.2, -0.15) is 0 Å². The van der Waals surface area contributed by atoms with E-state index in [0.29, 0.717) is 6.42 Å². The van der Waals surface area contributed by atoms with Crippen molar-refractivity contribution >= 4 is 29.1 Å². The number of carbonyl (C=O) groups is 3. The van der Waals surface area contributed by atoms with Gasteiger partial charge in [-0.1, -0.05) is 19.9 Å². The van der Waals surface area contributed by atoms with Gasteiger partial charge >= 0.3 is 0 Å². The van der Waals surface area contributed by atoms with E-state index < -0.39 is 60.1 Å². The van der Waals surface area contributed by atoms with Crippen LogP contribution in [0.25, 0.3) is 0 Å². The Hall–Kier alpha value is -2.05. The second-order valence-electron chi connectivity index (χ2n) is 8.80. The van der Waals surface area contributed by atoms with Gasteiger partial charge in [0.2, 0.25) is 11.8 Å². The van der Waals surface area contributed by atoms with Gasteiger partial charge in [0.15, 0.2) is 0 Å². The van der Waals surface area contributed by atoms with E-state index in [1.807, 2.05) is 19.2 Å². The number of nitrogens with two attached hydrogens (primary N) is 1. The van der Waals surface area contributed by atoms with Crippen LogP contribution in [0.1, 0.15) is 38.0 Å². The van der Waals surface area contributed by atoms with Gasteiger partial charge in [-0.25, -0.2) is 0 Å². The first kappa shape index (κ1) is 26.2. The lowest BCUT2D eigenvalue weighted by atomic mass is 9.77. The Kier molecular flexibility index (Phi) is 9.17. The highest BCUT2D eigenvalue weighted by atomic mass is 32.1. The number of nitrogens with one attached hydrogen (secondary N) is 3. The number of thiophene rings is 1. The smallest absolute Gasteiger partial charge is 0.252 e. The minimum Gasteiger partial charge on any atom is -0.390 e. The summed E-state index contributed by atoms with van der Waals surface area (Å²) in [5, 5.41) is 41.5. The van der Waals surface area contributed by atoms with Crippen LogP contribution in [0.3, 0.4) is 0 Å². The first-order valence-corrected chi connectivity index (χ1v) is 11.5. The van der Waals surface area contributed by atoms with Crippen molar-refractivity contribution in [3.8, 4) is 0 Å². The van der Waals surface area contributed by atoms with Crippen LogP contribution in [0.15, 0.2) is 17.5 Å². The molecule has 0 bridgehead atoms. The van der Waals surface area contributed by atoms with Crippen molar-refractivity contribution in [3.05, 3.63) is 22.4 Å². The van der Waals surface area contributed by atoms with Gasteiger partial charge in [0.05, 0.1) is 18.2 Å². The van der Waals surface area contributed by atoms with Gasteiger partial charge in [-0.15, -0.1) is 11.3 Å². The van der Waals surface area contributed by atoms with Gasteiger partial charge in [0.1, 0.15) is 17.7 Å². The number of carbonyl (C=O) groups excluding carboxylic acids is 3. The molecule has 8 N–H and O–H groups in total. The molecule has 0 aromatic carbocycles. The number of rotatable bonds is 10. The number of hydrogen-bond acceptors (Lipinski definition) is 8. The fraction of sp³-hybridized carbons (Fsp3) is 0.667. The molecule has 0 radical (unpaired) electrons. The first-order chi connectivity index (χ1) is 15.0. The summed E-state index contributed by atoms with van der Waals surface area (Å²) in [4.78, 5) is 38.2. The third-order valence-electron chi connectivity index (χ3n) is 5.67. The zero-order chi connectivity index (χ0) is 24.1. The van der Waals surface area contributed by atoms with E-state index >= 15 is 0 Å². The Morgan fingerprint density at radius 1 is 1.25 bits per heavy atom. The van der Waals surface area contributed by atoms with Crippen molar-refractivity contribution in [2.75, 3.05) is 7.05 Å². The predicted molar refractivity (Wildman–Crippen MR) is 120 cm³/mol. The van der Waals surface area contributed by atoms with Crippen molar-refractivity contribution in [2.24, 2.45) is 11.7 Å². The molecule has 0 unspecified atom stereocenters. The average molecular weight is 471 g/mol. The predicted octanol–water partition coefficient (Wildman–Crippen LogP) is -1.37. The third-order valence-corrected chi connectivity index (χ3v) is 6.57. The lowest BCUT2D eigenvalue weighted by Gasteiger charge is -2.42. The quantitative estimate of drug-likeness (QED) is 0.221. The van der Waals surface area contributed by atoms with Crippen molar-refractivity contribution in [1.29, 1.82) is 0 Å². The molecule has 1 fully saturated rings. The van der Waals surface area contributed by atoms with Crippen molar-refractivity contribution in [1.82, 2.24) is 16.0 Å². The van der Waals surface area contributed by atoms with Crippen LogP contribution in [0.2, 0.25) is 0 Å².